The maximum Gasteiger partial charge on any atom is 0.328 e. The van der Waals surface area contributed by atoms with Gasteiger partial charge in [0.25, 0.3) is 5.56 Å². The standard InChI is InChI=1S/C48H89N3O6/c1-4-7-10-13-15-24-31-43-56-46(53)35-27-20-16-22-29-38-50(40-32-41-51-42-37-45(52)49-48(51)55)39-30-23-17-21-28-36-47(54)57-44(33-25-18-12-9-6-3)34-26-19-14-11-8-5-2/h37,42,44H,4-36,38-41,43H2,1-3H3,(H,49,52,55). The molecule has 0 aliphatic rings. The van der Waals surface area contributed by atoms with Gasteiger partial charge < -0.3 is 18.9 Å². The molecule has 1 rings (SSSR count). The summed E-state index contributed by atoms with van der Waals surface area (Å²) in [6, 6.07) is 1.40. The number of unbranched alkanes of at least 4 members (excludes halogenated alkanes) is 23. The number of aromatic nitrogens is 2. The largest absolute Gasteiger partial charge is 0.466 e. The maximum atomic E-state index is 12.8. The van der Waals surface area contributed by atoms with Crippen LogP contribution < -0.4 is 11.2 Å². The molecule has 1 unspecified atom stereocenters. The van der Waals surface area contributed by atoms with E-state index in [-0.39, 0.29) is 29.3 Å². The zero-order chi connectivity index (χ0) is 41.4. The van der Waals surface area contributed by atoms with Gasteiger partial charge >= 0.3 is 17.6 Å². The van der Waals surface area contributed by atoms with E-state index in [4.69, 9.17) is 9.47 Å². The van der Waals surface area contributed by atoms with E-state index in [9.17, 15) is 19.2 Å². The molecular formula is C48H89N3O6. The van der Waals surface area contributed by atoms with E-state index in [1.54, 1.807) is 10.8 Å². The fourth-order valence-electron chi connectivity index (χ4n) is 7.64. The van der Waals surface area contributed by atoms with Crippen LogP contribution >= 0.6 is 0 Å². The molecule has 0 bridgehead atoms. The molecule has 0 aliphatic heterocycles. The molecule has 0 saturated carbocycles. The van der Waals surface area contributed by atoms with Gasteiger partial charge in [-0.05, 0) is 83.8 Å². The Morgan fingerprint density at radius 2 is 1.00 bits per heavy atom. The molecule has 0 aliphatic carbocycles. The minimum absolute atomic E-state index is 0.00829. The molecular weight excluding hydrogens is 715 g/mol. The Labute approximate surface area is 349 Å². The summed E-state index contributed by atoms with van der Waals surface area (Å²) in [5.74, 6) is -0.0596. The number of carbonyl (C=O) groups excluding carboxylic acids is 2. The number of aromatic amines is 1. The second kappa shape index (κ2) is 39.1. The number of carbonyl (C=O) groups is 2. The summed E-state index contributed by atoms with van der Waals surface area (Å²) in [6.45, 7) is 10.8. The summed E-state index contributed by atoms with van der Waals surface area (Å²) < 4.78 is 13.1. The fraction of sp³-hybridized carbons (Fsp3) is 0.875. The van der Waals surface area contributed by atoms with Crippen molar-refractivity contribution in [3.8, 4) is 0 Å². The number of hydrogen-bond acceptors (Lipinski definition) is 7. The van der Waals surface area contributed by atoms with Crippen LogP contribution in [0.1, 0.15) is 233 Å². The monoisotopic (exact) mass is 804 g/mol. The third-order valence-electron chi connectivity index (χ3n) is 11.3. The third-order valence-corrected chi connectivity index (χ3v) is 11.3. The second-order valence-corrected chi connectivity index (χ2v) is 16.7. The average molecular weight is 804 g/mol. The normalized spacial score (nSPS) is 12.0. The van der Waals surface area contributed by atoms with Crippen molar-refractivity contribution in [2.24, 2.45) is 0 Å². The summed E-state index contributed by atoms with van der Waals surface area (Å²) in [6.07, 6.45) is 38.6. The molecule has 0 spiro atoms. The minimum Gasteiger partial charge on any atom is -0.466 e. The van der Waals surface area contributed by atoms with E-state index in [0.717, 1.165) is 129 Å². The quantitative estimate of drug-likeness (QED) is 0.0517. The molecule has 1 aromatic heterocycles. The van der Waals surface area contributed by atoms with Crippen molar-refractivity contribution >= 4 is 11.9 Å². The Bertz CT molecular complexity index is 1180. The lowest BCUT2D eigenvalue weighted by molar-refractivity contribution is -0.150. The van der Waals surface area contributed by atoms with Crippen LogP contribution in [0.3, 0.4) is 0 Å². The van der Waals surface area contributed by atoms with Crippen LogP contribution in [0.4, 0.5) is 0 Å². The molecule has 332 valence electrons. The van der Waals surface area contributed by atoms with Crippen LogP contribution in [-0.2, 0) is 25.6 Å². The zero-order valence-electron chi connectivity index (χ0n) is 37.4. The van der Waals surface area contributed by atoms with Crippen LogP contribution in [0.25, 0.3) is 0 Å². The Hall–Kier alpha value is -2.42. The van der Waals surface area contributed by atoms with Gasteiger partial charge in [0, 0.05) is 31.6 Å². The van der Waals surface area contributed by atoms with Gasteiger partial charge in [-0.3, -0.25) is 19.4 Å². The van der Waals surface area contributed by atoms with Crippen LogP contribution in [0, 0.1) is 0 Å². The topological polar surface area (TPSA) is 111 Å². The Balaban J connectivity index is 2.35. The first-order chi connectivity index (χ1) is 27.9. The van der Waals surface area contributed by atoms with Crippen molar-refractivity contribution in [2.45, 2.75) is 245 Å². The van der Waals surface area contributed by atoms with Crippen LogP contribution in [-0.4, -0.2) is 58.7 Å². The van der Waals surface area contributed by atoms with E-state index in [2.05, 4.69) is 30.7 Å². The predicted octanol–water partition coefficient (Wildman–Crippen LogP) is 12.2. The molecule has 9 nitrogen and oxygen atoms in total. The molecule has 0 radical (unpaired) electrons. The summed E-state index contributed by atoms with van der Waals surface area (Å²) in [7, 11) is 0. The highest BCUT2D eigenvalue weighted by molar-refractivity contribution is 5.69. The molecule has 1 atom stereocenters. The maximum absolute atomic E-state index is 12.8. The van der Waals surface area contributed by atoms with Crippen molar-refractivity contribution in [1.82, 2.24) is 14.5 Å². The summed E-state index contributed by atoms with van der Waals surface area (Å²) >= 11 is 0. The highest BCUT2D eigenvalue weighted by atomic mass is 16.5. The first kappa shape index (κ1) is 52.6. The van der Waals surface area contributed by atoms with Crippen molar-refractivity contribution < 1.29 is 19.1 Å². The van der Waals surface area contributed by atoms with Gasteiger partial charge in [0.05, 0.1) is 6.61 Å². The Morgan fingerprint density at radius 1 is 0.561 bits per heavy atom. The Morgan fingerprint density at radius 3 is 1.53 bits per heavy atom. The van der Waals surface area contributed by atoms with E-state index in [0.29, 0.717) is 26.0 Å². The molecule has 0 aromatic carbocycles. The van der Waals surface area contributed by atoms with Gasteiger partial charge in [-0.2, -0.15) is 0 Å². The SMILES string of the molecule is CCCCCCCCCOC(=O)CCCCCCCN(CCCCCCCC(=O)OC(CCCCCCC)CCCCCCCC)CCCn1ccc(=O)[nH]c1=O. The van der Waals surface area contributed by atoms with Crippen molar-refractivity contribution in [2.75, 3.05) is 26.2 Å². The molecule has 9 heteroatoms. The van der Waals surface area contributed by atoms with Gasteiger partial charge in [-0.15, -0.1) is 0 Å². The lowest BCUT2D eigenvalue weighted by atomic mass is 10.0. The lowest BCUT2D eigenvalue weighted by Crippen LogP contribution is -2.31. The molecule has 0 fully saturated rings. The predicted molar refractivity (Wildman–Crippen MR) is 238 cm³/mol. The highest BCUT2D eigenvalue weighted by Gasteiger charge is 2.14. The van der Waals surface area contributed by atoms with Crippen molar-refractivity contribution in [3.05, 3.63) is 33.1 Å². The van der Waals surface area contributed by atoms with E-state index < -0.39 is 0 Å². The number of nitrogens with one attached hydrogen (secondary N) is 1. The second-order valence-electron chi connectivity index (χ2n) is 16.7. The Kier molecular flexibility index (Phi) is 36.0. The van der Waals surface area contributed by atoms with E-state index >= 15 is 0 Å². The molecule has 0 saturated heterocycles. The summed E-state index contributed by atoms with van der Waals surface area (Å²) in [4.78, 5) is 53.4. The van der Waals surface area contributed by atoms with Crippen LogP contribution in [0.2, 0.25) is 0 Å². The van der Waals surface area contributed by atoms with Crippen molar-refractivity contribution in [1.29, 1.82) is 0 Å². The van der Waals surface area contributed by atoms with Crippen LogP contribution in [0.5, 0.6) is 0 Å². The molecule has 1 N–H and O–H groups in total. The first-order valence-electron chi connectivity index (χ1n) is 24.3. The lowest BCUT2D eigenvalue weighted by Gasteiger charge is -2.22. The number of H-pyrrole nitrogens is 1. The van der Waals surface area contributed by atoms with Gasteiger partial charge in [0.1, 0.15) is 6.10 Å². The zero-order valence-corrected chi connectivity index (χ0v) is 37.4. The van der Waals surface area contributed by atoms with Crippen LogP contribution in [0.15, 0.2) is 21.9 Å². The van der Waals surface area contributed by atoms with Gasteiger partial charge in [0.15, 0.2) is 0 Å². The number of hydrogen-bond donors (Lipinski definition) is 1. The van der Waals surface area contributed by atoms with Gasteiger partial charge in [-0.25, -0.2) is 4.79 Å². The van der Waals surface area contributed by atoms with Gasteiger partial charge in [-0.1, -0.05) is 156 Å². The number of ether oxygens (including phenoxy) is 2. The molecule has 1 aromatic rings. The average Bonchev–Trinajstić information content (AvgIpc) is 3.19. The molecule has 0 amide bonds. The first-order valence-corrected chi connectivity index (χ1v) is 24.3. The van der Waals surface area contributed by atoms with Gasteiger partial charge in [0.2, 0.25) is 0 Å². The summed E-state index contributed by atoms with van der Waals surface area (Å²) in [5, 5.41) is 0. The number of rotatable bonds is 42. The molecule has 1 heterocycles. The minimum atomic E-state index is -0.365. The fourth-order valence-corrected chi connectivity index (χ4v) is 7.64. The summed E-state index contributed by atoms with van der Waals surface area (Å²) in [5.41, 5.74) is -0.716. The number of aryl methyl sites for hydroxylation is 1. The van der Waals surface area contributed by atoms with E-state index in [1.807, 2.05) is 0 Å². The number of nitrogens with zero attached hydrogens (tertiary/aromatic N) is 2. The van der Waals surface area contributed by atoms with E-state index in [1.165, 1.54) is 96.0 Å². The highest BCUT2D eigenvalue weighted by Crippen LogP contribution is 2.18. The van der Waals surface area contributed by atoms with Crippen molar-refractivity contribution in [3.63, 3.8) is 0 Å². The number of esters is 2. The molecule has 57 heavy (non-hydrogen) atoms. The third kappa shape index (κ3) is 33.1. The smallest absolute Gasteiger partial charge is 0.328 e.